The molecule has 0 spiro atoms. The van der Waals surface area contributed by atoms with Crippen LogP contribution in [0.15, 0.2) is 113 Å². The van der Waals surface area contributed by atoms with E-state index in [0.717, 1.165) is 37.9 Å². The fourth-order valence-corrected chi connectivity index (χ4v) is 10.6. The van der Waals surface area contributed by atoms with Crippen LogP contribution >= 0.6 is 34.5 Å². The van der Waals surface area contributed by atoms with Crippen molar-refractivity contribution in [3.05, 3.63) is 153 Å². The van der Waals surface area contributed by atoms with E-state index < -0.39 is 40.1 Å². The molecule has 8 rings (SSSR count). The number of hydrogen-bond donors (Lipinski definition) is 3. The molecule has 1 amide bonds. The maximum Gasteiger partial charge on any atom is 0.326 e. The highest BCUT2D eigenvalue weighted by atomic mass is 35.5. The van der Waals surface area contributed by atoms with E-state index in [-0.39, 0.29) is 41.0 Å². The number of carbonyl (C=O) groups excluding carboxylic acids is 1. The third-order valence-corrected chi connectivity index (χ3v) is 14.6. The Morgan fingerprint density at radius 3 is 2.32 bits per heavy atom. The summed E-state index contributed by atoms with van der Waals surface area (Å²) < 4.78 is 48.3. The Morgan fingerprint density at radius 1 is 0.933 bits per heavy atom. The second kappa shape index (κ2) is 17.1. The number of thiazole rings is 1. The number of rotatable bonds is 12. The Balaban J connectivity index is 1.01. The van der Waals surface area contributed by atoms with Crippen LogP contribution in [0.25, 0.3) is 11.1 Å². The van der Waals surface area contributed by atoms with E-state index in [0.29, 0.717) is 50.6 Å². The molecule has 4 N–H and O–H groups in total. The van der Waals surface area contributed by atoms with E-state index in [4.69, 9.17) is 43.1 Å². The molecule has 0 bridgehead atoms. The topological polar surface area (TPSA) is 170 Å². The molecule has 1 unspecified atom stereocenters. The number of benzene rings is 5. The predicted octanol–water partition coefficient (Wildman–Crippen LogP) is 8.03. The zero-order valence-electron chi connectivity index (χ0n) is 32.0. The Labute approximate surface area is 360 Å². The molecular weight excluding hydrogens is 848 g/mol. The highest BCUT2D eigenvalue weighted by Crippen LogP contribution is 2.42. The van der Waals surface area contributed by atoms with Gasteiger partial charge in [-0.3, -0.25) is 4.79 Å². The van der Waals surface area contributed by atoms with Crippen molar-refractivity contribution in [2.75, 3.05) is 12.3 Å². The summed E-state index contributed by atoms with van der Waals surface area (Å²) in [5.41, 5.74) is 11.7. The Hall–Kier alpha value is -5.64. The molecule has 3 heterocycles. The molecule has 60 heavy (non-hydrogen) atoms. The summed E-state index contributed by atoms with van der Waals surface area (Å²) in [4.78, 5) is 30.9. The van der Waals surface area contributed by atoms with Gasteiger partial charge in [-0.25, -0.2) is 18.2 Å². The number of nitrogens with zero attached hydrogens (tertiary/aromatic N) is 2. The second-order valence-electron chi connectivity index (χ2n) is 14.5. The van der Waals surface area contributed by atoms with Gasteiger partial charge in [-0.15, -0.1) is 0 Å². The van der Waals surface area contributed by atoms with E-state index >= 15 is 0 Å². The Kier molecular flexibility index (Phi) is 11.7. The molecular formula is C44H38Cl2N4O8S2. The maximum absolute atomic E-state index is 14.4. The molecule has 308 valence electrons. The highest BCUT2D eigenvalue weighted by Gasteiger charge is 2.43. The number of fused-ring (bicyclic) bond motifs is 2. The molecule has 0 saturated heterocycles. The van der Waals surface area contributed by atoms with Crippen molar-refractivity contribution in [1.29, 1.82) is 0 Å². The van der Waals surface area contributed by atoms with Gasteiger partial charge in [0.15, 0.2) is 26.9 Å². The zero-order valence-corrected chi connectivity index (χ0v) is 35.2. The van der Waals surface area contributed by atoms with Crippen molar-refractivity contribution in [1.82, 2.24) is 14.6 Å². The number of sulfonamides is 1. The lowest BCUT2D eigenvalue weighted by Gasteiger charge is -2.36. The molecule has 1 aromatic heterocycles. The Morgan fingerprint density at radius 2 is 1.63 bits per heavy atom. The quantitative estimate of drug-likeness (QED) is 0.109. The summed E-state index contributed by atoms with van der Waals surface area (Å²) in [6.45, 7) is 1.82. The van der Waals surface area contributed by atoms with Crippen LogP contribution in [-0.4, -0.2) is 53.4 Å². The molecule has 5 aromatic carbocycles. The SMILES string of the molecule is Cc1nc(N)sc1S(=O)(=O)N1Cc2cc3c(cc2CC1C(=O)N[C@@H](Cc1ccc(-c2ccccc2)cc1)C(=O)O)OC[C@H](c1ccc(OCc2ccc(Cl)c(Cl)c2)cc1)O3. The first-order chi connectivity index (χ1) is 28.8. The van der Waals surface area contributed by atoms with Crippen molar-refractivity contribution in [2.24, 2.45) is 0 Å². The number of aryl methyl sites for hydroxylation is 1. The van der Waals surface area contributed by atoms with Crippen LogP contribution in [0.3, 0.4) is 0 Å². The number of anilines is 1. The van der Waals surface area contributed by atoms with Crippen molar-refractivity contribution in [3.8, 4) is 28.4 Å². The second-order valence-corrected chi connectivity index (χ2v) is 18.4. The monoisotopic (exact) mass is 884 g/mol. The molecule has 0 radical (unpaired) electrons. The van der Waals surface area contributed by atoms with Crippen LogP contribution in [0.4, 0.5) is 5.13 Å². The number of carbonyl (C=O) groups is 2. The summed E-state index contributed by atoms with van der Waals surface area (Å²) >= 11 is 13.0. The van der Waals surface area contributed by atoms with Gasteiger partial charge < -0.3 is 30.4 Å². The normalized spacial score (nSPS) is 16.7. The molecule has 0 saturated carbocycles. The van der Waals surface area contributed by atoms with Crippen molar-refractivity contribution >= 4 is 61.6 Å². The summed E-state index contributed by atoms with van der Waals surface area (Å²) in [5, 5.41) is 13.9. The van der Waals surface area contributed by atoms with Crippen LogP contribution in [0.1, 0.15) is 39.6 Å². The first-order valence-corrected chi connectivity index (χ1v) is 21.9. The van der Waals surface area contributed by atoms with Crippen molar-refractivity contribution in [2.45, 2.75) is 55.3 Å². The number of aliphatic carboxylic acids is 1. The van der Waals surface area contributed by atoms with Crippen LogP contribution in [0, 0.1) is 6.92 Å². The number of amides is 1. The minimum atomic E-state index is -4.36. The standard InChI is InChI=1S/C44H38Cl2N4O8S2/c1-25-43(59-44(47)48-25)60(54,55)50-22-32-21-39-38(57-24-40(58-39)30-12-14-33(15-13-30)56-23-27-9-16-34(45)35(46)17-27)20-31(32)19-37(50)41(51)49-36(42(52)53)18-26-7-10-29(11-8-26)28-5-3-2-4-6-28/h2-17,20-21,36-37,40H,18-19,22-24H2,1H3,(H2,47,48)(H,49,51)(H,52,53)/t36-,37?,40+/m0/s1. The first kappa shape index (κ1) is 41.1. The van der Waals surface area contributed by atoms with Gasteiger partial charge in [-0.1, -0.05) is 107 Å². The minimum absolute atomic E-state index is 0.0228. The molecule has 12 nitrogen and oxygen atoms in total. The van der Waals surface area contributed by atoms with Crippen LogP contribution in [0.2, 0.25) is 10.0 Å². The van der Waals surface area contributed by atoms with Crippen LogP contribution in [-0.2, 0) is 45.6 Å². The molecule has 0 fully saturated rings. The number of carboxylic acids is 1. The molecule has 0 aliphatic carbocycles. The number of nitrogen functional groups attached to an aromatic ring is 1. The van der Waals surface area contributed by atoms with Gasteiger partial charge in [0, 0.05) is 13.0 Å². The number of nitrogens with two attached hydrogens (primary N) is 1. The first-order valence-electron chi connectivity index (χ1n) is 18.9. The zero-order chi connectivity index (χ0) is 42.1. The van der Waals surface area contributed by atoms with Gasteiger partial charge >= 0.3 is 5.97 Å². The predicted molar refractivity (Wildman–Crippen MR) is 229 cm³/mol. The fourth-order valence-electron chi connectivity index (χ4n) is 7.26. The minimum Gasteiger partial charge on any atom is -0.489 e. The van der Waals surface area contributed by atoms with E-state index in [1.54, 1.807) is 24.3 Å². The number of carboxylic acid groups (broad SMARTS) is 1. The average Bonchev–Trinajstić information content (AvgIpc) is 3.61. The largest absolute Gasteiger partial charge is 0.489 e. The summed E-state index contributed by atoms with van der Waals surface area (Å²) in [6.07, 6.45) is -0.562. The van der Waals surface area contributed by atoms with Crippen molar-refractivity contribution < 1.29 is 37.3 Å². The third kappa shape index (κ3) is 8.79. The van der Waals surface area contributed by atoms with Gasteiger partial charge in [0.1, 0.15) is 31.0 Å². The van der Waals surface area contributed by atoms with E-state index in [9.17, 15) is 23.1 Å². The number of ether oxygens (including phenoxy) is 3. The molecule has 3 atom stereocenters. The van der Waals surface area contributed by atoms with Gasteiger partial charge in [0.25, 0.3) is 10.0 Å². The molecule has 6 aromatic rings. The number of nitrogens with one attached hydrogen (secondary N) is 1. The lowest BCUT2D eigenvalue weighted by molar-refractivity contribution is -0.142. The number of hydrogen-bond acceptors (Lipinski definition) is 10. The summed E-state index contributed by atoms with van der Waals surface area (Å²) in [5.74, 6) is -0.525. The van der Waals surface area contributed by atoms with E-state index in [1.807, 2.05) is 84.9 Å². The van der Waals surface area contributed by atoms with Gasteiger partial charge in [0.05, 0.1) is 15.7 Å². The fraction of sp³-hybridized carbons (Fsp3) is 0.205. The average molecular weight is 886 g/mol. The third-order valence-electron chi connectivity index (χ3n) is 10.4. The van der Waals surface area contributed by atoms with Crippen molar-refractivity contribution in [3.63, 3.8) is 0 Å². The number of aromatic nitrogens is 1. The van der Waals surface area contributed by atoms with E-state index in [2.05, 4.69) is 10.3 Å². The van der Waals surface area contributed by atoms with Crippen LogP contribution in [0.5, 0.6) is 17.2 Å². The lowest BCUT2D eigenvalue weighted by Crippen LogP contribution is -2.55. The number of halogens is 2. The highest BCUT2D eigenvalue weighted by molar-refractivity contribution is 7.91. The summed E-state index contributed by atoms with van der Waals surface area (Å²) in [6, 6.07) is 30.7. The molecule has 2 aliphatic heterocycles. The van der Waals surface area contributed by atoms with E-state index in [1.165, 1.54) is 6.92 Å². The smallest absolute Gasteiger partial charge is 0.326 e. The molecule has 16 heteroatoms. The van der Waals surface area contributed by atoms with Gasteiger partial charge in [-0.2, -0.15) is 4.31 Å². The molecule has 2 aliphatic rings. The summed E-state index contributed by atoms with van der Waals surface area (Å²) in [7, 11) is -4.36. The van der Waals surface area contributed by atoms with Crippen LogP contribution < -0.4 is 25.3 Å². The lowest BCUT2D eigenvalue weighted by atomic mass is 9.94. The maximum atomic E-state index is 14.4. The van der Waals surface area contributed by atoms with Gasteiger partial charge in [0.2, 0.25) is 5.91 Å². The van der Waals surface area contributed by atoms with Gasteiger partial charge in [-0.05, 0) is 88.7 Å². The Bertz CT molecular complexity index is 2680.